The highest BCUT2D eigenvalue weighted by atomic mass is 19.1. The van der Waals surface area contributed by atoms with Crippen molar-refractivity contribution in [3.05, 3.63) is 58.7 Å². The molecule has 0 radical (unpaired) electrons. The van der Waals surface area contributed by atoms with E-state index in [1.807, 2.05) is 0 Å². The summed E-state index contributed by atoms with van der Waals surface area (Å²) in [5.41, 5.74) is 0.978. The minimum absolute atomic E-state index is 0.152. The first-order valence-electron chi connectivity index (χ1n) is 6.09. The minimum atomic E-state index is -0.316. The maximum absolute atomic E-state index is 13.9. The molecule has 0 aliphatic rings. The molecular weight excluding hydrogens is 245 g/mol. The van der Waals surface area contributed by atoms with Crippen LogP contribution in [0.3, 0.4) is 0 Å². The Morgan fingerprint density at radius 1 is 1.37 bits per heavy atom. The normalized spacial score (nSPS) is 10.8. The maximum atomic E-state index is 13.9. The van der Waals surface area contributed by atoms with Gasteiger partial charge in [-0.05, 0) is 30.0 Å². The summed E-state index contributed by atoms with van der Waals surface area (Å²) in [6, 6.07) is 6.31. The topological polar surface area (TPSA) is 31.2 Å². The van der Waals surface area contributed by atoms with Gasteiger partial charge in [0.05, 0.1) is 12.1 Å². The van der Waals surface area contributed by atoms with Crippen LogP contribution >= 0.6 is 0 Å². The molecule has 0 N–H and O–H groups in total. The van der Waals surface area contributed by atoms with Crippen LogP contribution in [0.1, 0.15) is 5.56 Å². The second kappa shape index (κ2) is 5.80. The smallest absolute Gasteiger partial charge is 0.251 e. The first-order chi connectivity index (χ1) is 9.19. The fourth-order valence-corrected chi connectivity index (χ4v) is 2.19. The van der Waals surface area contributed by atoms with E-state index in [1.165, 1.54) is 12.1 Å². The van der Waals surface area contributed by atoms with Gasteiger partial charge in [0.15, 0.2) is 0 Å². The van der Waals surface area contributed by atoms with Gasteiger partial charge in [0.2, 0.25) is 0 Å². The lowest BCUT2D eigenvalue weighted by atomic mass is 10.1. The molecule has 0 amide bonds. The van der Waals surface area contributed by atoms with Crippen molar-refractivity contribution in [2.75, 3.05) is 13.7 Å². The standard InChI is InChI=1S/C15H16FNO2/c1-3-4-12-13(16)7-5-11-6-8-14(18)17(15(11)12)9-10-19-2/h3,5-8H,1,4,9-10H2,2H3. The molecule has 0 saturated heterocycles. The Balaban J connectivity index is 2.75. The quantitative estimate of drug-likeness (QED) is 0.774. The Bertz CT molecular complexity index is 661. The molecule has 4 heteroatoms. The van der Waals surface area contributed by atoms with E-state index in [0.29, 0.717) is 30.7 Å². The van der Waals surface area contributed by atoms with Gasteiger partial charge in [-0.15, -0.1) is 6.58 Å². The van der Waals surface area contributed by atoms with E-state index in [0.717, 1.165) is 5.39 Å². The Morgan fingerprint density at radius 2 is 2.11 bits per heavy atom. The summed E-state index contributed by atoms with van der Waals surface area (Å²) >= 11 is 0. The molecule has 0 bridgehead atoms. The Kier molecular flexibility index (Phi) is 4.12. The lowest BCUT2D eigenvalue weighted by Crippen LogP contribution is -2.22. The van der Waals surface area contributed by atoms with Gasteiger partial charge >= 0.3 is 0 Å². The number of allylic oxidation sites excluding steroid dienone is 1. The van der Waals surface area contributed by atoms with E-state index in [2.05, 4.69) is 6.58 Å². The summed E-state index contributed by atoms with van der Waals surface area (Å²) in [7, 11) is 1.57. The van der Waals surface area contributed by atoms with E-state index in [4.69, 9.17) is 4.74 Å². The predicted octanol–water partition coefficient (Wildman–Crippen LogP) is 2.52. The molecule has 1 aromatic carbocycles. The zero-order chi connectivity index (χ0) is 13.8. The van der Waals surface area contributed by atoms with Crippen LogP contribution in [0.25, 0.3) is 10.9 Å². The number of hydrogen-bond acceptors (Lipinski definition) is 2. The van der Waals surface area contributed by atoms with Crippen LogP contribution in [0, 0.1) is 5.82 Å². The van der Waals surface area contributed by atoms with Crippen molar-refractivity contribution in [2.24, 2.45) is 0 Å². The molecule has 2 aromatic rings. The van der Waals surface area contributed by atoms with Crippen molar-refractivity contribution in [3.8, 4) is 0 Å². The average Bonchev–Trinajstić information content (AvgIpc) is 2.41. The number of benzene rings is 1. The zero-order valence-corrected chi connectivity index (χ0v) is 10.9. The van der Waals surface area contributed by atoms with Crippen molar-refractivity contribution in [1.29, 1.82) is 0 Å². The van der Waals surface area contributed by atoms with Crippen LogP contribution in [0.4, 0.5) is 4.39 Å². The Labute approximate surface area is 110 Å². The molecule has 0 aliphatic carbocycles. The summed E-state index contributed by atoms with van der Waals surface area (Å²) < 4.78 is 20.5. The highest BCUT2D eigenvalue weighted by Gasteiger charge is 2.11. The van der Waals surface area contributed by atoms with Gasteiger partial charge in [-0.2, -0.15) is 0 Å². The lowest BCUT2D eigenvalue weighted by Gasteiger charge is -2.13. The highest BCUT2D eigenvalue weighted by Crippen LogP contribution is 2.21. The van der Waals surface area contributed by atoms with Crippen LogP contribution < -0.4 is 5.56 Å². The molecule has 0 atom stereocenters. The third-order valence-corrected chi connectivity index (χ3v) is 3.07. The molecule has 1 aromatic heterocycles. The molecule has 1 heterocycles. The number of nitrogens with zero attached hydrogens (tertiary/aromatic N) is 1. The van der Waals surface area contributed by atoms with Crippen molar-refractivity contribution >= 4 is 10.9 Å². The average molecular weight is 261 g/mol. The van der Waals surface area contributed by atoms with Crippen LogP contribution in [-0.2, 0) is 17.7 Å². The SMILES string of the molecule is C=CCc1c(F)ccc2ccc(=O)n(CCOC)c12. The number of fused-ring (bicyclic) bond motifs is 1. The Morgan fingerprint density at radius 3 is 2.79 bits per heavy atom. The van der Waals surface area contributed by atoms with Gasteiger partial charge in [0.25, 0.3) is 5.56 Å². The second-order valence-electron chi connectivity index (χ2n) is 4.27. The fraction of sp³-hybridized carbons (Fsp3) is 0.267. The van der Waals surface area contributed by atoms with Gasteiger partial charge < -0.3 is 9.30 Å². The van der Waals surface area contributed by atoms with Crippen molar-refractivity contribution in [3.63, 3.8) is 0 Å². The molecule has 0 unspecified atom stereocenters. The molecule has 2 rings (SSSR count). The molecular formula is C15H16FNO2. The third kappa shape index (κ3) is 2.58. The van der Waals surface area contributed by atoms with Gasteiger partial charge in [-0.1, -0.05) is 6.08 Å². The predicted molar refractivity (Wildman–Crippen MR) is 73.9 cm³/mol. The number of methoxy groups -OCH3 is 1. The molecule has 19 heavy (non-hydrogen) atoms. The zero-order valence-electron chi connectivity index (χ0n) is 10.9. The second-order valence-corrected chi connectivity index (χ2v) is 4.27. The minimum Gasteiger partial charge on any atom is -0.383 e. The van der Waals surface area contributed by atoms with Crippen molar-refractivity contribution in [2.45, 2.75) is 13.0 Å². The largest absolute Gasteiger partial charge is 0.383 e. The van der Waals surface area contributed by atoms with E-state index in [1.54, 1.807) is 29.9 Å². The number of ether oxygens (including phenoxy) is 1. The van der Waals surface area contributed by atoms with E-state index in [9.17, 15) is 9.18 Å². The summed E-state index contributed by atoms with van der Waals surface area (Å²) in [6.45, 7) is 4.45. The molecule has 0 spiro atoms. The molecule has 0 saturated carbocycles. The summed E-state index contributed by atoms with van der Waals surface area (Å²) in [4.78, 5) is 12.0. The summed E-state index contributed by atoms with van der Waals surface area (Å²) in [6.07, 6.45) is 2.02. The summed E-state index contributed by atoms with van der Waals surface area (Å²) in [5, 5.41) is 0.842. The highest BCUT2D eigenvalue weighted by molar-refractivity contribution is 5.82. The molecule has 100 valence electrons. The number of rotatable bonds is 5. The first-order valence-corrected chi connectivity index (χ1v) is 6.09. The van der Waals surface area contributed by atoms with Gasteiger partial charge in [-0.3, -0.25) is 4.79 Å². The first kappa shape index (κ1) is 13.5. The molecule has 0 aliphatic heterocycles. The lowest BCUT2D eigenvalue weighted by molar-refractivity contribution is 0.187. The number of hydrogen-bond donors (Lipinski definition) is 0. The maximum Gasteiger partial charge on any atom is 0.251 e. The van der Waals surface area contributed by atoms with Crippen LogP contribution in [0.15, 0.2) is 41.7 Å². The van der Waals surface area contributed by atoms with Crippen LogP contribution in [0.2, 0.25) is 0 Å². The van der Waals surface area contributed by atoms with Gasteiger partial charge in [0.1, 0.15) is 5.82 Å². The van der Waals surface area contributed by atoms with Crippen molar-refractivity contribution < 1.29 is 9.13 Å². The van der Waals surface area contributed by atoms with Gasteiger partial charge in [-0.25, -0.2) is 4.39 Å². The van der Waals surface area contributed by atoms with E-state index in [-0.39, 0.29) is 11.4 Å². The molecule has 0 fully saturated rings. The Hall–Kier alpha value is -1.94. The monoisotopic (exact) mass is 261 g/mol. The number of aromatic nitrogens is 1. The van der Waals surface area contributed by atoms with E-state index >= 15 is 0 Å². The van der Waals surface area contributed by atoms with Crippen LogP contribution in [-0.4, -0.2) is 18.3 Å². The third-order valence-electron chi connectivity index (χ3n) is 3.07. The molecule has 3 nitrogen and oxygen atoms in total. The summed E-state index contributed by atoms with van der Waals surface area (Å²) in [5.74, 6) is -0.316. The van der Waals surface area contributed by atoms with Crippen LogP contribution in [0.5, 0.6) is 0 Å². The van der Waals surface area contributed by atoms with Gasteiger partial charge in [0, 0.05) is 25.3 Å². The number of halogens is 1. The van der Waals surface area contributed by atoms with Crippen molar-refractivity contribution in [1.82, 2.24) is 4.57 Å². The van der Waals surface area contributed by atoms with E-state index < -0.39 is 0 Å². The fourth-order valence-electron chi connectivity index (χ4n) is 2.19. The number of pyridine rings is 1.